The van der Waals surface area contributed by atoms with Gasteiger partial charge in [-0.2, -0.15) is 0 Å². The fraction of sp³-hybridized carbons (Fsp3) is 0.900. The molecular formula is C10H21NO3. The third-order valence-corrected chi connectivity index (χ3v) is 1.69. The van der Waals surface area contributed by atoms with Crippen LogP contribution in [0.5, 0.6) is 0 Å². The second kappa shape index (κ2) is 7.62. The van der Waals surface area contributed by atoms with Crippen molar-refractivity contribution in [3.63, 3.8) is 0 Å². The summed E-state index contributed by atoms with van der Waals surface area (Å²) in [5.74, 6) is 0. The maximum absolute atomic E-state index is 11.4. The average Bonchev–Trinajstić information content (AvgIpc) is 2.11. The molecule has 0 aromatic rings. The lowest BCUT2D eigenvalue weighted by Crippen LogP contribution is -2.35. The van der Waals surface area contributed by atoms with Gasteiger partial charge in [-0.05, 0) is 27.7 Å². The lowest BCUT2D eigenvalue weighted by Gasteiger charge is -2.21. The SMILES string of the molecule is CCOCCN(CC)C(=O)OC(C)C. The molecule has 0 unspecified atom stereocenters. The predicted molar refractivity (Wildman–Crippen MR) is 55.4 cm³/mol. The molecule has 4 heteroatoms. The molecule has 0 aromatic heterocycles. The minimum absolute atomic E-state index is 0.0661. The first-order chi connectivity index (χ1) is 6.61. The van der Waals surface area contributed by atoms with Crippen molar-refractivity contribution in [1.29, 1.82) is 0 Å². The van der Waals surface area contributed by atoms with Crippen LogP contribution in [0.3, 0.4) is 0 Å². The monoisotopic (exact) mass is 203 g/mol. The number of likely N-dealkylation sites (N-methyl/N-ethyl adjacent to an activating group) is 1. The molecule has 0 N–H and O–H groups in total. The van der Waals surface area contributed by atoms with Crippen LogP contribution in [0, 0.1) is 0 Å². The van der Waals surface area contributed by atoms with Gasteiger partial charge in [-0.1, -0.05) is 0 Å². The predicted octanol–water partition coefficient (Wildman–Crippen LogP) is 1.89. The molecule has 0 aliphatic rings. The highest BCUT2D eigenvalue weighted by atomic mass is 16.6. The van der Waals surface area contributed by atoms with Gasteiger partial charge in [0, 0.05) is 19.7 Å². The molecule has 0 atom stereocenters. The van der Waals surface area contributed by atoms with Crippen molar-refractivity contribution in [2.75, 3.05) is 26.3 Å². The Morgan fingerprint density at radius 2 is 2.00 bits per heavy atom. The van der Waals surface area contributed by atoms with E-state index in [1.165, 1.54) is 0 Å². The van der Waals surface area contributed by atoms with E-state index in [2.05, 4.69) is 0 Å². The maximum Gasteiger partial charge on any atom is 0.410 e. The van der Waals surface area contributed by atoms with E-state index in [1.807, 2.05) is 27.7 Å². The Labute approximate surface area is 86.2 Å². The summed E-state index contributed by atoms with van der Waals surface area (Å²) in [4.78, 5) is 13.1. The quantitative estimate of drug-likeness (QED) is 0.619. The number of ether oxygens (including phenoxy) is 2. The van der Waals surface area contributed by atoms with E-state index in [4.69, 9.17) is 9.47 Å². The van der Waals surface area contributed by atoms with Crippen LogP contribution < -0.4 is 0 Å². The van der Waals surface area contributed by atoms with Gasteiger partial charge in [-0.3, -0.25) is 0 Å². The van der Waals surface area contributed by atoms with Crippen molar-refractivity contribution < 1.29 is 14.3 Å². The number of hydrogen-bond acceptors (Lipinski definition) is 3. The van der Waals surface area contributed by atoms with Crippen molar-refractivity contribution >= 4 is 6.09 Å². The molecular weight excluding hydrogens is 182 g/mol. The van der Waals surface area contributed by atoms with Gasteiger partial charge >= 0.3 is 6.09 Å². The summed E-state index contributed by atoms with van der Waals surface area (Å²) in [6.45, 7) is 10.0. The van der Waals surface area contributed by atoms with E-state index in [1.54, 1.807) is 4.90 Å². The Morgan fingerprint density at radius 1 is 1.36 bits per heavy atom. The van der Waals surface area contributed by atoms with Gasteiger partial charge in [0.1, 0.15) is 0 Å². The van der Waals surface area contributed by atoms with Crippen LogP contribution in [-0.4, -0.2) is 43.4 Å². The number of nitrogens with zero attached hydrogens (tertiary/aromatic N) is 1. The van der Waals surface area contributed by atoms with Crippen molar-refractivity contribution in [3.8, 4) is 0 Å². The van der Waals surface area contributed by atoms with E-state index < -0.39 is 0 Å². The third kappa shape index (κ3) is 5.80. The summed E-state index contributed by atoms with van der Waals surface area (Å²) >= 11 is 0. The van der Waals surface area contributed by atoms with Crippen LogP contribution in [0.25, 0.3) is 0 Å². The van der Waals surface area contributed by atoms with E-state index >= 15 is 0 Å². The smallest absolute Gasteiger partial charge is 0.410 e. The van der Waals surface area contributed by atoms with Crippen molar-refractivity contribution in [2.45, 2.75) is 33.8 Å². The third-order valence-electron chi connectivity index (χ3n) is 1.69. The molecule has 0 radical (unpaired) electrons. The second-order valence-corrected chi connectivity index (χ2v) is 3.21. The van der Waals surface area contributed by atoms with Gasteiger partial charge in [0.15, 0.2) is 0 Å². The van der Waals surface area contributed by atoms with E-state index in [0.717, 1.165) is 0 Å². The summed E-state index contributed by atoms with van der Waals surface area (Å²) in [5.41, 5.74) is 0. The highest BCUT2D eigenvalue weighted by Gasteiger charge is 2.13. The largest absolute Gasteiger partial charge is 0.447 e. The van der Waals surface area contributed by atoms with Gasteiger partial charge in [0.25, 0.3) is 0 Å². The molecule has 0 aliphatic carbocycles. The first-order valence-electron chi connectivity index (χ1n) is 5.15. The molecule has 0 saturated carbocycles. The van der Waals surface area contributed by atoms with Gasteiger partial charge in [-0.25, -0.2) is 4.79 Å². The van der Waals surface area contributed by atoms with E-state index in [0.29, 0.717) is 26.3 Å². The minimum Gasteiger partial charge on any atom is -0.447 e. The molecule has 0 rings (SSSR count). The molecule has 0 fully saturated rings. The van der Waals surface area contributed by atoms with Crippen molar-refractivity contribution in [3.05, 3.63) is 0 Å². The fourth-order valence-electron chi connectivity index (χ4n) is 0.974. The lowest BCUT2D eigenvalue weighted by molar-refractivity contribution is 0.0626. The van der Waals surface area contributed by atoms with E-state index in [-0.39, 0.29) is 12.2 Å². The van der Waals surface area contributed by atoms with Crippen molar-refractivity contribution in [1.82, 2.24) is 4.90 Å². The first-order valence-corrected chi connectivity index (χ1v) is 5.15. The van der Waals surface area contributed by atoms with Crippen LogP contribution in [0.1, 0.15) is 27.7 Å². The summed E-state index contributed by atoms with van der Waals surface area (Å²) in [6.07, 6.45) is -0.328. The van der Waals surface area contributed by atoms with E-state index in [9.17, 15) is 4.79 Å². The zero-order chi connectivity index (χ0) is 11.0. The van der Waals surface area contributed by atoms with Gasteiger partial charge < -0.3 is 14.4 Å². The molecule has 0 bridgehead atoms. The Balaban J connectivity index is 3.81. The summed E-state index contributed by atoms with van der Waals surface area (Å²) in [5, 5.41) is 0. The van der Waals surface area contributed by atoms with Gasteiger partial charge in [0.2, 0.25) is 0 Å². The number of hydrogen-bond donors (Lipinski definition) is 0. The summed E-state index contributed by atoms with van der Waals surface area (Å²) < 4.78 is 10.2. The fourth-order valence-corrected chi connectivity index (χ4v) is 0.974. The van der Waals surface area contributed by atoms with Gasteiger partial charge in [0.05, 0.1) is 12.7 Å². The Morgan fingerprint density at radius 3 is 2.43 bits per heavy atom. The minimum atomic E-state index is -0.262. The molecule has 0 saturated heterocycles. The highest BCUT2D eigenvalue weighted by molar-refractivity contribution is 5.67. The summed E-state index contributed by atoms with van der Waals surface area (Å²) in [7, 11) is 0. The lowest BCUT2D eigenvalue weighted by atomic mass is 10.5. The normalized spacial score (nSPS) is 10.4. The van der Waals surface area contributed by atoms with Crippen LogP contribution in [-0.2, 0) is 9.47 Å². The molecule has 0 spiro atoms. The molecule has 0 aromatic carbocycles. The van der Waals surface area contributed by atoms with Crippen LogP contribution in [0.4, 0.5) is 4.79 Å². The standard InChI is InChI=1S/C10H21NO3/c1-5-11(7-8-13-6-2)10(12)14-9(3)4/h9H,5-8H2,1-4H3. The second-order valence-electron chi connectivity index (χ2n) is 3.21. The number of carbonyl (C=O) groups is 1. The average molecular weight is 203 g/mol. The molecule has 84 valence electrons. The highest BCUT2D eigenvalue weighted by Crippen LogP contribution is 1.98. The topological polar surface area (TPSA) is 38.8 Å². The summed E-state index contributed by atoms with van der Waals surface area (Å²) in [6, 6.07) is 0. The van der Waals surface area contributed by atoms with Crippen LogP contribution >= 0.6 is 0 Å². The molecule has 4 nitrogen and oxygen atoms in total. The number of amides is 1. The van der Waals surface area contributed by atoms with Crippen molar-refractivity contribution in [2.24, 2.45) is 0 Å². The number of carbonyl (C=O) groups excluding carboxylic acids is 1. The van der Waals surface area contributed by atoms with Crippen LogP contribution in [0.2, 0.25) is 0 Å². The number of rotatable bonds is 6. The molecule has 1 amide bonds. The molecule has 0 heterocycles. The Hall–Kier alpha value is -0.770. The molecule has 14 heavy (non-hydrogen) atoms. The Bertz CT molecular complexity index is 159. The zero-order valence-electron chi connectivity index (χ0n) is 9.58. The Kier molecular flexibility index (Phi) is 7.20. The van der Waals surface area contributed by atoms with Gasteiger partial charge in [-0.15, -0.1) is 0 Å². The molecule has 0 aliphatic heterocycles. The van der Waals surface area contributed by atoms with Crippen LogP contribution in [0.15, 0.2) is 0 Å². The first kappa shape index (κ1) is 13.2. The zero-order valence-corrected chi connectivity index (χ0v) is 9.58. The maximum atomic E-state index is 11.4.